The number of halogens is 1. The number of hydrogen-bond donors (Lipinski definition) is 1. The molecule has 1 aromatic carbocycles. The van der Waals surface area contributed by atoms with Crippen LogP contribution < -0.4 is 10.1 Å². The van der Waals surface area contributed by atoms with Crippen molar-refractivity contribution in [2.75, 3.05) is 14.2 Å². The fraction of sp³-hybridized carbons (Fsp3) is 0.333. The first-order valence-electron chi connectivity index (χ1n) is 6.28. The Morgan fingerprint density at radius 2 is 1.95 bits per heavy atom. The van der Waals surface area contributed by atoms with Gasteiger partial charge in [0.25, 0.3) is 0 Å². The summed E-state index contributed by atoms with van der Waals surface area (Å²) in [4.78, 5) is 0. The van der Waals surface area contributed by atoms with E-state index in [1.54, 1.807) is 7.11 Å². The van der Waals surface area contributed by atoms with Gasteiger partial charge in [-0.15, -0.1) is 0 Å². The molecule has 0 saturated heterocycles. The molecule has 1 N–H and O–H groups in total. The molecule has 0 fully saturated rings. The Labute approximate surface area is 122 Å². The molecule has 3 nitrogen and oxygen atoms in total. The summed E-state index contributed by atoms with van der Waals surface area (Å²) in [6, 6.07) is 12.3. The number of nitrogens with one attached hydrogen (secondary N) is 1. The average molecular weight is 324 g/mol. The van der Waals surface area contributed by atoms with Crippen LogP contribution in [-0.2, 0) is 6.42 Å². The molecule has 0 saturated carbocycles. The molecular formula is C15H18BrNO2. The maximum absolute atomic E-state index is 5.60. The van der Waals surface area contributed by atoms with E-state index in [4.69, 9.17) is 9.15 Å². The van der Waals surface area contributed by atoms with Gasteiger partial charge in [-0.05, 0) is 65.6 Å². The summed E-state index contributed by atoms with van der Waals surface area (Å²) >= 11 is 3.33. The number of methoxy groups -OCH3 is 1. The summed E-state index contributed by atoms with van der Waals surface area (Å²) in [7, 11) is 3.63. The lowest BCUT2D eigenvalue weighted by Gasteiger charge is -2.13. The minimum absolute atomic E-state index is 0.230. The molecule has 0 spiro atoms. The Kier molecular flexibility index (Phi) is 5.05. The molecule has 2 rings (SSSR count). The Morgan fingerprint density at radius 3 is 2.47 bits per heavy atom. The normalized spacial score (nSPS) is 12.4. The lowest BCUT2D eigenvalue weighted by atomic mass is 10.0. The molecule has 0 aliphatic rings. The first-order chi connectivity index (χ1) is 9.22. The molecule has 102 valence electrons. The van der Waals surface area contributed by atoms with E-state index in [0.29, 0.717) is 0 Å². The molecule has 1 unspecified atom stereocenters. The molecule has 1 aromatic heterocycles. The van der Waals surface area contributed by atoms with Gasteiger partial charge in [0.2, 0.25) is 0 Å². The highest BCUT2D eigenvalue weighted by Gasteiger charge is 2.13. The van der Waals surface area contributed by atoms with Crippen LogP contribution in [0.1, 0.15) is 23.8 Å². The van der Waals surface area contributed by atoms with Crippen molar-refractivity contribution in [1.29, 1.82) is 0 Å². The van der Waals surface area contributed by atoms with Gasteiger partial charge in [-0.25, -0.2) is 0 Å². The molecule has 0 aliphatic heterocycles. The fourth-order valence-electron chi connectivity index (χ4n) is 2.05. The van der Waals surface area contributed by atoms with Crippen molar-refractivity contribution in [2.45, 2.75) is 18.9 Å². The van der Waals surface area contributed by atoms with Crippen LogP contribution in [0.3, 0.4) is 0 Å². The molecular weight excluding hydrogens is 306 g/mol. The van der Waals surface area contributed by atoms with Crippen LogP contribution in [0.4, 0.5) is 0 Å². The molecule has 19 heavy (non-hydrogen) atoms. The minimum Gasteiger partial charge on any atom is -0.497 e. The Bertz CT molecular complexity index is 507. The first kappa shape index (κ1) is 14.2. The second-order valence-electron chi connectivity index (χ2n) is 4.37. The van der Waals surface area contributed by atoms with Gasteiger partial charge in [0.1, 0.15) is 11.5 Å². The third kappa shape index (κ3) is 3.85. The zero-order chi connectivity index (χ0) is 13.7. The highest BCUT2D eigenvalue weighted by molar-refractivity contribution is 9.10. The molecule has 2 aromatic rings. The van der Waals surface area contributed by atoms with E-state index < -0.39 is 0 Å². The summed E-state index contributed by atoms with van der Waals surface area (Å²) in [6.07, 6.45) is 1.98. The molecule has 0 bridgehead atoms. The number of benzene rings is 1. The van der Waals surface area contributed by atoms with E-state index >= 15 is 0 Å². The predicted octanol–water partition coefficient (Wildman–Crippen LogP) is 3.94. The lowest BCUT2D eigenvalue weighted by molar-refractivity contribution is 0.403. The highest BCUT2D eigenvalue weighted by Crippen LogP contribution is 2.24. The zero-order valence-corrected chi connectivity index (χ0v) is 12.7. The topological polar surface area (TPSA) is 34.4 Å². The van der Waals surface area contributed by atoms with Crippen molar-refractivity contribution in [2.24, 2.45) is 0 Å². The number of rotatable bonds is 6. The summed E-state index contributed by atoms with van der Waals surface area (Å²) in [6.45, 7) is 0. The molecule has 0 aliphatic carbocycles. The van der Waals surface area contributed by atoms with Gasteiger partial charge in [-0.1, -0.05) is 12.1 Å². The van der Waals surface area contributed by atoms with Crippen LogP contribution in [0.2, 0.25) is 0 Å². The van der Waals surface area contributed by atoms with Crippen LogP contribution in [0.15, 0.2) is 45.5 Å². The van der Waals surface area contributed by atoms with Crippen LogP contribution in [0.5, 0.6) is 5.75 Å². The van der Waals surface area contributed by atoms with Crippen LogP contribution in [0, 0.1) is 0 Å². The number of aryl methyl sites for hydroxylation is 1. The smallest absolute Gasteiger partial charge is 0.169 e. The molecule has 1 atom stereocenters. The van der Waals surface area contributed by atoms with Gasteiger partial charge in [0.05, 0.1) is 13.2 Å². The van der Waals surface area contributed by atoms with Crippen LogP contribution in [-0.4, -0.2) is 14.2 Å². The summed E-state index contributed by atoms with van der Waals surface area (Å²) in [5.41, 5.74) is 1.30. The lowest BCUT2D eigenvalue weighted by Crippen LogP contribution is -2.16. The number of ether oxygens (including phenoxy) is 1. The second kappa shape index (κ2) is 6.78. The number of furan rings is 1. The monoisotopic (exact) mass is 323 g/mol. The molecule has 1 heterocycles. The van der Waals surface area contributed by atoms with Crippen molar-refractivity contribution < 1.29 is 9.15 Å². The fourth-order valence-corrected chi connectivity index (χ4v) is 2.37. The first-order valence-corrected chi connectivity index (χ1v) is 7.07. The second-order valence-corrected chi connectivity index (χ2v) is 5.15. The third-order valence-electron chi connectivity index (χ3n) is 3.17. The van der Waals surface area contributed by atoms with Gasteiger partial charge in [-0.2, -0.15) is 0 Å². The molecule has 4 heteroatoms. The van der Waals surface area contributed by atoms with Gasteiger partial charge in [0, 0.05) is 0 Å². The Morgan fingerprint density at radius 1 is 1.21 bits per heavy atom. The Balaban J connectivity index is 1.95. The van der Waals surface area contributed by atoms with E-state index in [1.807, 2.05) is 31.3 Å². The summed E-state index contributed by atoms with van der Waals surface area (Å²) in [5, 5.41) is 3.29. The maximum atomic E-state index is 5.60. The van der Waals surface area contributed by atoms with Crippen molar-refractivity contribution in [3.63, 3.8) is 0 Å². The molecule has 0 radical (unpaired) electrons. The van der Waals surface area contributed by atoms with Crippen molar-refractivity contribution in [3.05, 3.63) is 52.4 Å². The Hall–Kier alpha value is -1.26. The van der Waals surface area contributed by atoms with E-state index in [2.05, 4.69) is 33.4 Å². The van der Waals surface area contributed by atoms with E-state index in [9.17, 15) is 0 Å². The van der Waals surface area contributed by atoms with Crippen molar-refractivity contribution >= 4 is 15.9 Å². The van der Waals surface area contributed by atoms with E-state index in [0.717, 1.165) is 29.0 Å². The average Bonchev–Trinajstić information content (AvgIpc) is 2.87. The van der Waals surface area contributed by atoms with Gasteiger partial charge < -0.3 is 14.5 Å². The minimum atomic E-state index is 0.230. The molecule has 0 amide bonds. The van der Waals surface area contributed by atoms with E-state index in [1.165, 1.54) is 5.56 Å². The maximum Gasteiger partial charge on any atom is 0.169 e. The third-order valence-corrected chi connectivity index (χ3v) is 3.59. The number of hydrogen-bond acceptors (Lipinski definition) is 3. The predicted molar refractivity (Wildman–Crippen MR) is 79.5 cm³/mol. The summed E-state index contributed by atoms with van der Waals surface area (Å²) < 4.78 is 11.5. The highest BCUT2D eigenvalue weighted by atomic mass is 79.9. The van der Waals surface area contributed by atoms with Crippen LogP contribution in [0.25, 0.3) is 0 Å². The van der Waals surface area contributed by atoms with Crippen molar-refractivity contribution in [1.82, 2.24) is 5.32 Å². The largest absolute Gasteiger partial charge is 0.497 e. The van der Waals surface area contributed by atoms with Gasteiger partial charge >= 0.3 is 0 Å². The standard InChI is InChI=1S/C15H18BrNO2/c1-17-13(14-9-10-15(16)19-14)8-5-11-3-6-12(18-2)7-4-11/h3-4,6-7,9-10,13,17H,5,8H2,1-2H3. The van der Waals surface area contributed by atoms with E-state index in [-0.39, 0.29) is 6.04 Å². The SMILES string of the molecule is CNC(CCc1ccc(OC)cc1)c1ccc(Br)o1. The van der Waals surface area contributed by atoms with Crippen molar-refractivity contribution in [3.8, 4) is 5.75 Å². The van der Waals surface area contributed by atoms with Gasteiger partial charge in [-0.3, -0.25) is 0 Å². The van der Waals surface area contributed by atoms with Gasteiger partial charge in [0.15, 0.2) is 4.67 Å². The quantitative estimate of drug-likeness (QED) is 0.874. The zero-order valence-electron chi connectivity index (χ0n) is 11.2. The summed E-state index contributed by atoms with van der Waals surface area (Å²) in [5.74, 6) is 1.85. The van der Waals surface area contributed by atoms with Crippen LogP contribution >= 0.6 is 15.9 Å².